The highest BCUT2D eigenvalue weighted by atomic mass is 19.4. The van der Waals surface area contributed by atoms with Crippen LogP contribution in [-0.2, 0) is 27.1 Å². The van der Waals surface area contributed by atoms with Crippen LogP contribution in [-0.4, -0.2) is 41.8 Å². The fraction of sp³-hybridized carbons (Fsp3) is 0.360. The second-order valence-corrected chi connectivity index (χ2v) is 9.03. The molecule has 0 unspecified atom stereocenters. The highest BCUT2D eigenvalue weighted by Gasteiger charge is 2.60. The lowest BCUT2D eigenvalue weighted by molar-refractivity contribution is -0.163. The van der Waals surface area contributed by atoms with Crippen LogP contribution in [0.3, 0.4) is 0 Å². The summed E-state index contributed by atoms with van der Waals surface area (Å²) in [6.07, 6.45) is -4.07. The lowest BCUT2D eigenvalue weighted by Crippen LogP contribution is -2.72. The number of piperazine rings is 1. The van der Waals surface area contributed by atoms with E-state index in [9.17, 15) is 31.9 Å². The maximum Gasteiger partial charge on any atom is 0.416 e. The summed E-state index contributed by atoms with van der Waals surface area (Å²) in [6.45, 7) is -0.580. The number of carbonyl (C=O) groups excluding carboxylic acids is 3. The molecule has 188 valence electrons. The van der Waals surface area contributed by atoms with Crippen LogP contribution in [0.5, 0.6) is 0 Å². The van der Waals surface area contributed by atoms with E-state index in [1.54, 1.807) is 6.07 Å². The molecule has 1 heterocycles. The zero-order chi connectivity index (χ0) is 26.3. The number of alkyl halides is 3. The van der Waals surface area contributed by atoms with Crippen LogP contribution in [0.2, 0.25) is 0 Å². The van der Waals surface area contributed by atoms with Crippen molar-refractivity contribution >= 4 is 23.4 Å². The van der Waals surface area contributed by atoms with E-state index in [4.69, 9.17) is 5.26 Å². The normalized spacial score (nSPS) is 21.8. The molecule has 2 aromatic carbocycles. The van der Waals surface area contributed by atoms with Crippen LogP contribution in [0.15, 0.2) is 42.5 Å². The Bertz CT molecular complexity index is 1250. The second kappa shape index (κ2) is 9.26. The van der Waals surface area contributed by atoms with Crippen LogP contribution in [0.1, 0.15) is 36.0 Å². The molecule has 3 amide bonds. The van der Waals surface area contributed by atoms with E-state index in [0.29, 0.717) is 5.56 Å². The van der Waals surface area contributed by atoms with Crippen LogP contribution < -0.4 is 10.2 Å². The molecule has 1 saturated heterocycles. The van der Waals surface area contributed by atoms with Crippen LogP contribution >= 0.6 is 0 Å². The van der Waals surface area contributed by atoms with Crippen molar-refractivity contribution in [2.45, 2.75) is 37.5 Å². The molecule has 4 rings (SSSR count). The molecule has 1 aliphatic carbocycles. The first-order chi connectivity index (χ1) is 17.0. The minimum atomic E-state index is -4.51. The van der Waals surface area contributed by atoms with Crippen molar-refractivity contribution < 1.29 is 31.9 Å². The molecule has 0 radical (unpaired) electrons. The Kier molecular flexibility index (Phi) is 6.47. The molecule has 1 saturated carbocycles. The van der Waals surface area contributed by atoms with Crippen molar-refractivity contribution in [1.82, 2.24) is 10.2 Å². The smallest absolute Gasteiger partial charge is 0.359 e. The summed E-state index contributed by atoms with van der Waals surface area (Å²) in [4.78, 5) is 41.2. The lowest BCUT2D eigenvalue weighted by atomic mass is 9.64. The molecule has 0 aromatic heterocycles. The third-order valence-corrected chi connectivity index (χ3v) is 6.75. The zero-order valence-electron chi connectivity index (χ0n) is 19.2. The van der Waals surface area contributed by atoms with Gasteiger partial charge in [-0.1, -0.05) is 12.1 Å². The SMILES string of the molecule is CNC(=O)CC1CC2(C1)C(=O)N(c1ccc(C#N)cc1F)CC(=O)N2Cc1ccc(C(F)(F)F)cc1. The van der Waals surface area contributed by atoms with Gasteiger partial charge in [-0.2, -0.15) is 18.4 Å². The van der Waals surface area contributed by atoms with Crippen LogP contribution in [0.4, 0.5) is 23.2 Å². The Morgan fingerprint density at radius 3 is 2.39 bits per heavy atom. The van der Waals surface area contributed by atoms with Crippen molar-refractivity contribution in [3.63, 3.8) is 0 Å². The van der Waals surface area contributed by atoms with Crippen LogP contribution in [0.25, 0.3) is 0 Å². The van der Waals surface area contributed by atoms with Gasteiger partial charge in [0.2, 0.25) is 11.8 Å². The molecule has 0 bridgehead atoms. The number of hydrogen-bond acceptors (Lipinski definition) is 4. The number of halogens is 4. The lowest BCUT2D eigenvalue weighted by Gasteiger charge is -2.57. The highest BCUT2D eigenvalue weighted by Crippen LogP contribution is 2.48. The molecule has 1 aliphatic heterocycles. The van der Waals surface area contributed by atoms with Crippen molar-refractivity contribution in [1.29, 1.82) is 5.26 Å². The van der Waals surface area contributed by atoms with Crippen molar-refractivity contribution in [3.05, 3.63) is 65.0 Å². The number of benzene rings is 2. The topological polar surface area (TPSA) is 93.5 Å². The number of rotatable bonds is 5. The first-order valence-corrected chi connectivity index (χ1v) is 11.2. The number of anilines is 1. The highest BCUT2D eigenvalue weighted by molar-refractivity contribution is 6.10. The number of amides is 3. The van der Waals surface area contributed by atoms with E-state index < -0.39 is 41.5 Å². The molecule has 0 atom stereocenters. The van der Waals surface area contributed by atoms with E-state index >= 15 is 0 Å². The number of hydrogen-bond donors (Lipinski definition) is 1. The van der Waals surface area contributed by atoms with E-state index in [-0.39, 0.29) is 48.9 Å². The average Bonchev–Trinajstić information content (AvgIpc) is 2.81. The Labute approximate surface area is 204 Å². The Balaban J connectivity index is 1.65. The third-order valence-electron chi connectivity index (χ3n) is 6.75. The molecular weight excluding hydrogens is 480 g/mol. The van der Waals surface area contributed by atoms with Gasteiger partial charge in [0.25, 0.3) is 5.91 Å². The number of carbonyl (C=O) groups is 3. The van der Waals surface area contributed by atoms with Gasteiger partial charge in [0, 0.05) is 20.0 Å². The molecular formula is C25H22F4N4O3. The largest absolute Gasteiger partial charge is 0.416 e. The summed E-state index contributed by atoms with van der Waals surface area (Å²) in [5.74, 6) is -2.30. The number of nitrogens with zero attached hydrogens (tertiary/aromatic N) is 3. The van der Waals surface area contributed by atoms with Gasteiger partial charge in [-0.3, -0.25) is 19.3 Å². The van der Waals surface area contributed by atoms with Gasteiger partial charge >= 0.3 is 6.18 Å². The third kappa shape index (κ3) is 4.51. The Morgan fingerprint density at radius 2 is 1.83 bits per heavy atom. The summed E-state index contributed by atoms with van der Waals surface area (Å²) in [7, 11) is 1.48. The molecule has 1 spiro atoms. The van der Waals surface area contributed by atoms with Crippen LogP contribution in [0, 0.1) is 23.1 Å². The van der Waals surface area contributed by atoms with Crippen molar-refractivity contribution in [3.8, 4) is 6.07 Å². The minimum absolute atomic E-state index is 0.0555. The molecule has 2 aromatic rings. The first-order valence-electron chi connectivity index (χ1n) is 11.2. The average molecular weight is 502 g/mol. The molecule has 11 heteroatoms. The zero-order valence-corrected chi connectivity index (χ0v) is 19.2. The maximum atomic E-state index is 14.8. The molecule has 7 nitrogen and oxygen atoms in total. The summed E-state index contributed by atoms with van der Waals surface area (Å²) in [5, 5.41) is 11.5. The fourth-order valence-electron chi connectivity index (χ4n) is 4.91. The second-order valence-electron chi connectivity index (χ2n) is 9.03. The van der Waals surface area contributed by atoms with E-state index in [1.807, 2.05) is 0 Å². The molecule has 1 N–H and O–H groups in total. The minimum Gasteiger partial charge on any atom is -0.359 e. The maximum absolute atomic E-state index is 14.8. The quantitative estimate of drug-likeness (QED) is 0.635. The van der Waals surface area contributed by atoms with Gasteiger partial charge in [-0.25, -0.2) is 4.39 Å². The van der Waals surface area contributed by atoms with Crippen molar-refractivity contribution in [2.75, 3.05) is 18.5 Å². The van der Waals surface area contributed by atoms with Crippen molar-refractivity contribution in [2.24, 2.45) is 5.92 Å². The van der Waals surface area contributed by atoms with Gasteiger partial charge in [0.1, 0.15) is 17.9 Å². The molecule has 36 heavy (non-hydrogen) atoms. The first kappa shape index (κ1) is 25.2. The number of nitriles is 1. The van der Waals surface area contributed by atoms with Gasteiger partial charge in [0.15, 0.2) is 0 Å². The summed E-state index contributed by atoms with van der Waals surface area (Å²) in [5.41, 5.74) is -1.89. The van der Waals surface area contributed by atoms with Gasteiger partial charge in [-0.15, -0.1) is 0 Å². The fourth-order valence-corrected chi connectivity index (χ4v) is 4.91. The summed E-state index contributed by atoms with van der Waals surface area (Å²) < 4.78 is 53.6. The molecule has 2 aliphatic rings. The monoisotopic (exact) mass is 502 g/mol. The van der Waals surface area contributed by atoms with E-state index in [1.165, 1.54) is 36.2 Å². The predicted octanol–water partition coefficient (Wildman–Crippen LogP) is 3.38. The van der Waals surface area contributed by atoms with Gasteiger partial charge in [-0.05, 0) is 54.7 Å². The molecule has 2 fully saturated rings. The summed E-state index contributed by atoms with van der Waals surface area (Å²) in [6, 6.07) is 9.71. The van der Waals surface area contributed by atoms with E-state index in [0.717, 1.165) is 23.1 Å². The Hall–Kier alpha value is -3.94. The predicted molar refractivity (Wildman–Crippen MR) is 120 cm³/mol. The standard InChI is InChI=1S/C25H22F4N4O3/c1-31-21(34)9-17-10-24(11-17)23(36)32(20-7-4-16(12-30)8-19(20)26)14-22(35)33(24)13-15-2-5-18(6-3-15)25(27,28)29/h2-8,17H,9-11,13-14H2,1H3,(H,31,34). The van der Waals surface area contributed by atoms with Gasteiger partial charge in [0.05, 0.1) is 22.9 Å². The Morgan fingerprint density at radius 1 is 1.17 bits per heavy atom. The number of nitrogens with one attached hydrogen (secondary N) is 1. The summed E-state index contributed by atoms with van der Waals surface area (Å²) >= 11 is 0. The van der Waals surface area contributed by atoms with E-state index in [2.05, 4.69) is 5.32 Å². The van der Waals surface area contributed by atoms with Gasteiger partial charge < -0.3 is 10.2 Å².